The van der Waals surface area contributed by atoms with Crippen molar-refractivity contribution >= 4 is 33.2 Å². The maximum atomic E-state index is 13.4. The van der Waals surface area contributed by atoms with Crippen molar-refractivity contribution in [1.29, 1.82) is 0 Å². The molecule has 0 radical (unpaired) electrons. The third-order valence-corrected chi connectivity index (χ3v) is 10.9. The summed E-state index contributed by atoms with van der Waals surface area (Å²) in [6, 6.07) is 0. The zero-order valence-electron chi connectivity index (χ0n) is 21.9. The largest absolute Gasteiger partial charge is 0.457 e. The van der Waals surface area contributed by atoms with Gasteiger partial charge in [0.2, 0.25) is 0 Å². The van der Waals surface area contributed by atoms with Crippen LogP contribution in [0.1, 0.15) is 84.3 Å². The Hall–Kier alpha value is -1.55. The maximum absolute atomic E-state index is 13.4. The highest BCUT2D eigenvalue weighted by atomic mass is 32.2. The van der Waals surface area contributed by atoms with Crippen LogP contribution in [0.5, 0.6) is 0 Å². The molecule has 0 aliphatic carbocycles. The van der Waals surface area contributed by atoms with E-state index in [4.69, 9.17) is 4.74 Å². The lowest BCUT2D eigenvalue weighted by molar-refractivity contribution is -0.149. The summed E-state index contributed by atoms with van der Waals surface area (Å²) in [6.07, 6.45) is 3.12. The molecule has 1 aromatic heterocycles. The Balaban J connectivity index is 2.39. The molecule has 7 nitrogen and oxygen atoms in total. The molecule has 2 rings (SSSR count). The van der Waals surface area contributed by atoms with Gasteiger partial charge < -0.3 is 14.9 Å². The fourth-order valence-corrected chi connectivity index (χ4v) is 6.94. The number of carbonyl (C=O) groups is 1. The molecule has 0 bridgehead atoms. The second kappa shape index (κ2) is 12.1. The SMILES string of the molecule is CC1=CC[C@@H](C(C)=Cc2csc(C)n2)OC(=O)C[C@H](O)C(C)(C)S(=O)(=O)[C@H](C)[C@@H](O)[C@@H](C)CCC1. The maximum Gasteiger partial charge on any atom is 0.309 e. The molecule has 1 aromatic rings. The monoisotopic (exact) mass is 527 g/mol. The first kappa shape index (κ1) is 29.7. The van der Waals surface area contributed by atoms with E-state index in [2.05, 4.69) is 11.1 Å². The molecule has 5 atom stereocenters. The summed E-state index contributed by atoms with van der Waals surface area (Å²) in [5.41, 5.74) is 2.75. The summed E-state index contributed by atoms with van der Waals surface area (Å²) in [5.74, 6) is -0.898. The number of ether oxygens (including phenoxy) is 1. The highest BCUT2D eigenvalue weighted by Crippen LogP contribution is 2.32. The Bertz CT molecular complexity index is 1040. The summed E-state index contributed by atoms with van der Waals surface area (Å²) < 4.78 is 30.8. The van der Waals surface area contributed by atoms with Gasteiger partial charge in [-0.1, -0.05) is 18.6 Å². The molecular formula is C26H41NO6S2. The smallest absolute Gasteiger partial charge is 0.309 e. The minimum Gasteiger partial charge on any atom is -0.457 e. The Morgan fingerprint density at radius 1 is 1.26 bits per heavy atom. The highest BCUT2D eigenvalue weighted by Gasteiger charge is 2.47. The Morgan fingerprint density at radius 3 is 2.51 bits per heavy atom. The number of hydrogen-bond donors (Lipinski definition) is 2. The van der Waals surface area contributed by atoms with Gasteiger partial charge in [-0.15, -0.1) is 11.3 Å². The fourth-order valence-electron chi connectivity index (χ4n) is 4.31. The molecule has 1 aliphatic heterocycles. The number of carbonyl (C=O) groups excluding carboxylic acids is 1. The molecule has 0 aromatic carbocycles. The van der Waals surface area contributed by atoms with Crippen LogP contribution in [0.25, 0.3) is 6.08 Å². The lowest BCUT2D eigenvalue weighted by Gasteiger charge is -2.35. The molecule has 2 heterocycles. The van der Waals surface area contributed by atoms with Gasteiger partial charge in [0, 0.05) is 11.8 Å². The van der Waals surface area contributed by atoms with Crippen molar-refractivity contribution < 1.29 is 28.2 Å². The van der Waals surface area contributed by atoms with Gasteiger partial charge in [-0.25, -0.2) is 13.4 Å². The summed E-state index contributed by atoms with van der Waals surface area (Å²) in [6.45, 7) is 11.9. The first-order valence-electron chi connectivity index (χ1n) is 12.2. The molecule has 0 spiro atoms. The van der Waals surface area contributed by atoms with E-state index in [9.17, 15) is 23.4 Å². The van der Waals surface area contributed by atoms with Gasteiger partial charge in [-0.05, 0) is 78.4 Å². The summed E-state index contributed by atoms with van der Waals surface area (Å²) >= 11 is 1.54. The number of cyclic esters (lactones) is 1. The molecule has 0 amide bonds. The molecule has 0 unspecified atom stereocenters. The van der Waals surface area contributed by atoms with Gasteiger partial charge >= 0.3 is 5.97 Å². The predicted octanol–water partition coefficient (Wildman–Crippen LogP) is 4.62. The van der Waals surface area contributed by atoms with Crippen LogP contribution in [0.3, 0.4) is 0 Å². The molecule has 198 valence electrons. The number of rotatable bonds is 2. The summed E-state index contributed by atoms with van der Waals surface area (Å²) in [5, 5.41) is 23.4. The lowest BCUT2D eigenvalue weighted by Crippen LogP contribution is -2.52. The van der Waals surface area contributed by atoms with Crippen molar-refractivity contribution in [1.82, 2.24) is 4.98 Å². The van der Waals surface area contributed by atoms with E-state index in [1.165, 1.54) is 32.1 Å². The van der Waals surface area contributed by atoms with Gasteiger partial charge in [0.05, 0.1) is 39.3 Å². The predicted molar refractivity (Wildman–Crippen MR) is 141 cm³/mol. The zero-order chi connectivity index (χ0) is 26.6. The number of aryl methyl sites for hydroxylation is 1. The van der Waals surface area contributed by atoms with E-state index >= 15 is 0 Å². The second-order valence-corrected chi connectivity index (χ2v) is 14.3. The Morgan fingerprint density at radius 2 is 1.91 bits per heavy atom. The van der Waals surface area contributed by atoms with Crippen LogP contribution >= 0.6 is 11.3 Å². The zero-order valence-corrected chi connectivity index (χ0v) is 23.6. The van der Waals surface area contributed by atoms with E-state index in [1.807, 2.05) is 39.2 Å². The minimum atomic E-state index is -3.98. The molecule has 0 saturated carbocycles. The highest BCUT2D eigenvalue weighted by molar-refractivity contribution is 7.93. The summed E-state index contributed by atoms with van der Waals surface area (Å²) in [7, 11) is -3.98. The number of allylic oxidation sites excluding steroid dienone is 1. The Labute approximate surface area is 214 Å². The van der Waals surface area contributed by atoms with E-state index in [0.29, 0.717) is 12.8 Å². The van der Waals surface area contributed by atoms with Gasteiger partial charge in [-0.2, -0.15) is 0 Å². The molecule has 35 heavy (non-hydrogen) atoms. The number of aromatic nitrogens is 1. The second-order valence-electron chi connectivity index (χ2n) is 10.4. The van der Waals surface area contributed by atoms with Crippen LogP contribution in [0, 0.1) is 12.8 Å². The average Bonchev–Trinajstić information content (AvgIpc) is 3.18. The summed E-state index contributed by atoms with van der Waals surface area (Å²) in [4.78, 5) is 17.3. The van der Waals surface area contributed by atoms with Crippen molar-refractivity contribution in [2.45, 2.75) is 109 Å². The molecule has 2 N–H and O–H groups in total. The van der Waals surface area contributed by atoms with Gasteiger partial charge in [-0.3, -0.25) is 4.79 Å². The van der Waals surface area contributed by atoms with Crippen molar-refractivity contribution in [2.75, 3.05) is 0 Å². The molecule has 0 saturated heterocycles. The number of nitrogens with zero attached hydrogens (tertiary/aromatic N) is 1. The number of thiazole rings is 1. The molecule has 9 heteroatoms. The average molecular weight is 528 g/mol. The van der Waals surface area contributed by atoms with E-state index in [1.54, 1.807) is 0 Å². The van der Waals surface area contributed by atoms with Crippen LogP contribution in [-0.4, -0.2) is 57.9 Å². The number of aliphatic hydroxyl groups is 2. The first-order chi connectivity index (χ1) is 16.2. The number of esters is 1. The molecule has 1 aliphatic rings. The number of sulfone groups is 1. The molecular weight excluding hydrogens is 486 g/mol. The van der Waals surface area contributed by atoms with Crippen LogP contribution < -0.4 is 0 Å². The van der Waals surface area contributed by atoms with Crippen LogP contribution in [0.4, 0.5) is 0 Å². The van der Waals surface area contributed by atoms with Gasteiger partial charge in [0.1, 0.15) is 6.10 Å². The fraction of sp³-hybridized carbons (Fsp3) is 0.692. The van der Waals surface area contributed by atoms with Crippen molar-refractivity contribution in [3.8, 4) is 0 Å². The van der Waals surface area contributed by atoms with Crippen LogP contribution in [0.2, 0.25) is 0 Å². The van der Waals surface area contributed by atoms with Crippen LogP contribution in [0.15, 0.2) is 22.6 Å². The standard InChI is InChI=1S/C26H41NO6S2/c1-16-9-8-10-17(2)25(30)19(4)35(31,32)26(6,7)23(28)14-24(29)33-22(12-11-16)18(3)13-21-15-34-20(5)27-21/h11,13,15,17,19,22-23,25,28,30H,8-10,12,14H2,1-7H3/t17-,19+,22-,23-,25-/m0/s1. The first-order valence-corrected chi connectivity index (χ1v) is 14.6. The van der Waals surface area contributed by atoms with Crippen LogP contribution in [-0.2, 0) is 19.4 Å². The number of aliphatic hydroxyl groups excluding tert-OH is 2. The minimum absolute atomic E-state index is 0.224. The van der Waals surface area contributed by atoms with E-state index in [0.717, 1.165) is 34.7 Å². The topological polar surface area (TPSA) is 114 Å². The molecule has 0 fully saturated rings. The Kier molecular flexibility index (Phi) is 10.3. The third-order valence-electron chi connectivity index (χ3n) is 7.15. The van der Waals surface area contributed by atoms with Crippen molar-refractivity contribution in [2.24, 2.45) is 5.92 Å². The van der Waals surface area contributed by atoms with Gasteiger partial charge in [0.15, 0.2) is 9.84 Å². The van der Waals surface area contributed by atoms with Gasteiger partial charge in [0.25, 0.3) is 0 Å². The van der Waals surface area contributed by atoms with Crippen molar-refractivity contribution in [3.63, 3.8) is 0 Å². The van der Waals surface area contributed by atoms with Crippen molar-refractivity contribution in [3.05, 3.63) is 33.3 Å². The normalized spacial score (nSPS) is 31.5. The van der Waals surface area contributed by atoms with E-state index in [-0.39, 0.29) is 5.92 Å². The lowest BCUT2D eigenvalue weighted by atomic mass is 9.94. The quantitative estimate of drug-likeness (QED) is 0.426. The van der Waals surface area contributed by atoms with E-state index < -0.39 is 50.5 Å². The third kappa shape index (κ3) is 7.47. The number of hydrogen-bond acceptors (Lipinski definition) is 8.